The summed E-state index contributed by atoms with van der Waals surface area (Å²) in [7, 11) is 0. The van der Waals surface area contributed by atoms with Crippen LogP contribution in [0.2, 0.25) is 4.34 Å². The maximum absolute atomic E-state index is 10.7. The Balaban J connectivity index is 2.45. The van der Waals surface area contributed by atoms with Crippen LogP contribution in [-0.2, 0) is 0 Å². The molecule has 16 heavy (non-hydrogen) atoms. The molecule has 0 radical (unpaired) electrons. The molecular weight excluding hydrogens is 248 g/mol. The van der Waals surface area contributed by atoms with Gasteiger partial charge in [-0.1, -0.05) is 17.7 Å². The fourth-order valence-corrected chi connectivity index (χ4v) is 2.37. The molecule has 0 aliphatic heterocycles. The molecule has 3 nitrogen and oxygen atoms in total. The van der Waals surface area contributed by atoms with Crippen LogP contribution >= 0.6 is 22.9 Å². The molecule has 2 N–H and O–H groups in total. The van der Waals surface area contributed by atoms with Crippen LogP contribution in [0, 0.1) is 0 Å². The summed E-state index contributed by atoms with van der Waals surface area (Å²) in [6.07, 6.45) is 0. The Kier molecular flexibility index (Phi) is 2.85. The van der Waals surface area contributed by atoms with E-state index in [1.165, 1.54) is 23.5 Å². The van der Waals surface area contributed by atoms with E-state index in [0.717, 1.165) is 10.4 Å². The zero-order valence-electron chi connectivity index (χ0n) is 7.98. The van der Waals surface area contributed by atoms with Crippen LogP contribution in [0.15, 0.2) is 30.3 Å². The van der Waals surface area contributed by atoms with Crippen LogP contribution in [0.1, 0.15) is 10.4 Å². The fourth-order valence-electron chi connectivity index (χ4n) is 1.34. The first-order valence-electron chi connectivity index (χ1n) is 4.40. The monoisotopic (exact) mass is 254 g/mol. The Hall–Kier alpha value is -1.52. The number of halogens is 1. The molecule has 0 saturated heterocycles. The summed E-state index contributed by atoms with van der Waals surface area (Å²) in [4.78, 5) is 11.6. The Bertz CT molecular complexity index is 548. The minimum atomic E-state index is -1.15. The topological polar surface area (TPSA) is 57.5 Å². The first kappa shape index (κ1) is 11.0. The number of carboxylic acids is 1. The van der Waals surface area contributed by atoms with Gasteiger partial charge in [0, 0.05) is 4.88 Å². The molecule has 0 bridgehead atoms. The lowest BCUT2D eigenvalue weighted by molar-refractivity contribution is 0.0694. The number of hydrogen-bond acceptors (Lipinski definition) is 3. The van der Waals surface area contributed by atoms with Crippen molar-refractivity contribution in [1.29, 1.82) is 0 Å². The van der Waals surface area contributed by atoms with Gasteiger partial charge >= 0.3 is 5.97 Å². The molecule has 0 fully saturated rings. The van der Waals surface area contributed by atoms with Gasteiger partial charge in [0.15, 0.2) is 0 Å². The lowest BCUT2D eigenvalue weighted by atomic mass is 10.1. The SMILES string of the molecule is O=C(O)c1ccc(-c2ccc(Cl)s2)cc1O. The molecule has 82 valence electrons. The number of rotatable bonds is 2. The van der Waals surface area contributed by atoms with Gasteiger partial charge in [0.05, 0.1) is 4.34 Å². The Labute approximate surface area is 101 Å². The first-order chi connectivity index (χ1) is 7.58. The van der Waals surface area contributed by atoms with Gasteiger partial charge in [0.2, 0.25) is 0 Å². The fraction of sp³-hybridized carbons (Fsp3) is 0. The second kappa shape index (κ2) is 4.15. The van der Waals surface area contributed by atoms with E-state index >= 15 is 0 Å². The average molecular weight is 255 g/mol. The summed E-state index contributed by atoms with van der Waals surface area (Å²) in [5, 5.41) is 18.3. The molecule has 0 atom stereocenters. The predicted molar refractivity (Wildman–Crippen MR) is 63.4 cm³/mol. The Morgan fingerprint density at radius 2 is 2.00 bits per heavy atom. The lowest BCUT2D eigenvalue weighted by Gasteiger charge is -2.02. The molecule has 0 aliphatic rings. The molecule has 2 aromatic rings. The minimum Gasteiger partial charge on any atom is -0.507 e. The van der Waals surface area contributed by atoms with Gasteiger partial charge in [-0.25, -0.2) is 4.79 Å². The Morgan fingerprint density at radius 3 is 2.50 bits per heavy atom. The van der Waals surface area contributed by atoms with Crippen molar-refractivity contribution in [2.24, 2.45) is 0 Å². The first-order valence-corrected chi connectivity index (χ1v) is 5.59. The second-order valence-corrected chi connectivity index (χ2v) is 4.86. The van der Waals surface area contributed by atoms with Crippen LogP contribution in [0.5, 0.6) is 5.75 Å². The van der Waals surface area contributed by atoms with Gasteiger partial charge in [0.1, 0.15) is 11.3 Å². The summed E-state index contributed by atoms with van der Waals surface area (Å²) in [6, 6.07) is 8.02. The van der Waals surface area contributed by atoms with E-state index in [0.29, 0.717) is 4.34 Å². The Morgan fingerprint density at radius 1 is 1.25 bits per heavy atom. The van der Waals surface area contributed by atoms with Crippen molar-refractivity contribution < 1.29 is 15.0 Å². The van der Waals surface area contributed by atoms with Crippen LogP contribution in [-0.4, -0.2) is 16.2 Å². The highest BCUT2D eigenvalue weighted by Gasteiger charge is 2.11. The van der Waals surface area contributed by atoms with Crippen molar-refractivity contribution in [2.45, 2.75) is 0 Å². The van der Waals surface area contributed by atoms with Crippen molar-refractivity contribution in [3.05, 3.63) is 40.2 Å². The van der Waals surface area contributed by atoms with Crippen molar-refractivity contribution in [2.75, 3.05) is 0 Å². The largest absolute Gasteiger partial charge is 0.507 e. The van der Waals surface area contributed by atoms with Gasteiger partial charge in [-0.3, -0.25) is 0 Å². The van der Waals surface area contributed by atoms with Gasteiger partial charge in [-0.2, -0.15) is 0 Å². The summed E-state index contributed by atoms with van der Waals surface area (Å²) in [6.45, 7) is 0. The van der Waals surface area contributed by atoms with Crippen LogP contribution in [0.3, 0.4) is 0 Å². The quantitative estimate of drug-likeness (QED) is 0.863. The lowest BCUT2D eigenvalue weighted by Crippen LogP contribution is -1.96. The molecule has 1 aromatic carbocycles. The van der Waals surface area contributed by atoms with E-state index < -0.39 is 5.97 Å². The number of carboxylic acid groups (broad SMARTS) is 1. The van der Waals surface area contributed by atoms with Crippen LogP contribution in [0.4, 0.5) is 0 Å². The minimum absolute atomic E-state index is 0.105. The molecule has 0 saturated carbocycles. The number of aromatic hydroxyl groups is 1. The van der Waals surface area contributed by atoms with Gasteiger partial charge in [-0.15, -0.1) is 11.3 Å². The number of aromatic carboxylic acids is 1. The van der Waals surface area contributed by atoms with E-state index in [2.05, 4.69) is 0 Å². The summed E-state index contributed by atoms with van der Waals surface area (Å²) in [5.74, 6) is -1.39. The van der Waals surface area contributed by atoms with E-state index in [1.54, 1.807) is 12.1 Å². The van der Waals surface area contributed by atoms with Crippen molar-refractivity contribution in [1.82, 2.24) is 0 Å². The molecule has 0 amide bonds. The number of hydrogen-bond donors (Lipinski definition) is 2. The smallest absolute Gasteiger partial charge is 0.339 e. The molecule has 0 aliphatic carbocycles. The molecule has 0 unspecified atom stereocenters. The molecule has 2 rings (SSSR count). The number of phenols is 1. The van der Waals surface area contributed by atoms with Gasteiger partial charge < -0.3 is 10.2 Å². The molecule has 5 heteroatoms. The average Bonchev–Trinajstić information content (AvgIpc) is 2.64. The number of thiophene rings is 1. The van der Waals surface area contributed by atoms with E-state index in [-0.39, 0.29) is 11.3 Å². The van der Waals surface area contributed by atoms with Crippen LogP contribution < -0.4 is 0 Å². The zero-order chi connectivity index (χ0) is 11.7. The second-order valence-electron chi connectivity index (χ2n) is 3.14. The summed E-state index contributed by atoms with van der Waals surface area (Å²) >= 11 is 7.16. The maximum Gasteiger partial charge on any atom is 0.339 e. The summed E-state index contributed by atoms with van der Waals surface area (Å²) in [5.41, 5.74) is 0.644. The third-order valence-corrected chi connectivity index (χ3v) is 3.37. The van der Waals surface area contributed by atoms with Crippen molar-refractivity contribution >= 4 is 28.9 Å². The zero-order valence-corrected chi connectivity index (χ0v) is 9.55. The third-order valence-electron chi connectivity index (χ3n) is 2.09. The van der Waals surface area contributed by atoms with Gasteiger partial charge in [0.25, 0.3) is 0 Å². The normalized spacial score (nSPS) is 10.3. The maximum atomic E-state index is 10.7. The third kappa shape index (κ3) is 2.03. The highest BCUT2D eigenvalue weighted by Crippen LogP contribution is 2.33. The number of carbonyl (C=O) groups is 1. The van der Waals surface area contributed by atoms with Gasteiger partial charge in [-0.05, 0) is 29.8 Å². The highest BCUT2D eigenvalue weighted by molar-refractivity contribution is 7.19. The molecule has 1 aromatic heterocycles. The summed E-state index contributed by atoms with van der Waals surface area (Å²) < 4.78 is 0.650. The van der Waals surface area contributed by atoms with E-state index in [1.807, 2.05) is 6.07 Å². The highest BCUT2D eigenvalue weighted by atomic mass is 35.5. The van der Waals surface area contributed by atoms with E-state index in [4.69, 9.17) is 16.7 Å². The molecular formula is C11H7ClO3S. The molecule has 0 spiro atoms. The van der Waals surface area contributed by atoms with Crippen LogP contribution in [0.25, 0.3) is 10.4 Å². The van der Waals surface area contributed by atoms with Crippen molar-refractivity contribution in [3.8, 4) is 16.2 Å². The predicted octanol–water partition coefficient (Wildman–Crippen LogP) is 3.47. The van der Waals surface area contributed by atoms with Crippen molar-refractivity contribution in [3.63, 3.8) is 0 Å². The standard InChI is InChI=1S/C11H7ClO3S/c12-10-4-3-9(16-10)6-1-2-7(11(14)15)8(13)5-6/h1-5,13H,(H,14,15). The number of benzene rings is 1. The molecule has 1 heterocycles. The van der Waals surface area contributed by atoms with E-state index in [9.17, 15) is 9.90 Å².